The molecule has 0 unspecified atom stereocenters. The second-order valence-electron chi connectivity index (χ2n) is 7.39. The third-order valence-corrected chi connectivity index (χ3v) is 5.04. The summed E-state index contributed by atoms with van der Waals surface area (Å²) < 4.78 is 6.49. The quantitative estimate of drug-likeness (QED) is 0.221. The first-order valence-electron chi connectivity index (χ1n) is 10.7. The van der Waals surface area contributed by atoms with Gasteiger partial charge in [-0.3, -0.25) is 9.97 Å². The average molecular weight is 428 g/mol. The second kappa shape index (κ2) is 9.71. The van der Waals surface area contributed by atoms with Crippen molar-refractivity contribution in [2.24, 2.45) is 0 Å². The molecule has 0 N–H and O–H groups in total. The zero-order valence-electron chi connectivity index (χ0n) is 17.9. The van der Waals surface area contributed by atoms with E-state index in [1.54, 1.807) is 12.4 Å². The minimum Gasteiger partial charge on any atom is -0.457 e. The molecule has 158 valence electrons. The number of rotatable bonds is 6. The van der Waals surface area contributed by atoms with Crippen LogP contribution in [-0.2, 0) is 0 Å². The summed E-state index contributed by atoms with van der Waals surface area (Å²) in [6.07, 6.45) is 5.56. The van der Waals surface area contributed by atoms with Crippen molar-refractivity contribution in [2.75, 3.05) is 0 Å². The van der Waals surface area contributed by atoms with Gasteiger partial charge in [0.05, 0.1) is 22.8 Å². The molecule has 0 amide bonds. The molecule has 0 aliphatic rings. The molecule has 0 saturated heterocycles. The Morgan fingerprint density at radius 3 is 1.67 bits per heavy atom. The Bertz CT molecular complexity index is 1300. The van der Waals surface area contributed by atoms with E-state index in [4.69, 9.17) is 9.72 Å². The van der Waals surface area contributed by atoms with E-state index in [0.717, 1.165) is 39.7 Å². The van der Waals surface area contributed by atoms with Gasteiger partial charge in [-0.2, -0.15) is 0 Å². The number of ether oxygens (including phenoxy) is 1. The summed E-state index contributed by atoms with van der Waals surface area (Å²) in [5.74, 6) is 1.41. The lowest BCUT2D eigenvalue weighted by atomic mass is 10.1. The van der Waals surface area contributed by atoms with Crippen molar-refractivity contribution in [1.29, 1.82) is 0 Å². The highest BCUT2D eigenvalue weighted by molar-refractivity contribution is 5.79. The third kappa shape index (κ3) is 5.02. The van der Waals surface area contributed by atoms with Crippen LogP contribution in [0, 0.1) is 0 Å². The summed E-state index contributed by atoms with van der Waals surface area (Å²) in [6.45, 7) is 0. The molecule has 5 aromatic rings. The predicted octanol–water partition coefficient (Wildman–Crippen LogP) is 6.78. The van der Waals surface area contributed by atoms with Crippen LogP contribution in [-0.4, -0.2) is 15.0 Å². The van der Waals surface area contributed by atoms with Crippen molar-refractivity contribution < 1.29 is 4.74 Å². The third-order valence-electron chi connectivity index (χ3n) is 5.04. The molecule has 0 aliphatic carbocycles. The molecule has 0 atom stereocenters. The molecule has 0 aliphatic heterocycles. The van der Waals surface area contributed by atoms with E-state index in [1.807, 2.05) is 103 Å². The maximum atomic E-state index is 6.49. The summed E-state index contributed by atoms with van der Waals surface area (Å²) in [7, 11) is 0. The molecular weight excluding hydrogens is 406 g/mol. The summed E-state index contributed by atoms with van der Waals surface area (Å²) in [5, 5.41) is 0. The van der Waals surface area contributed by atoms with Gasteiger partial charge in [0.1, 0.15) is 11.5 Å². The van der Waals surface area contributed by atoms with Gasteiger partial charge >= 0.3 is 0 Å². The predicted molar refractivity (Wildman–Crippen MR) is 132 cm³/mol. The highest BCUT2D eigenvalue weighted by Gasteiger charge is 2.12. The highest BCUT2D eigenvalue weighted by atomic mass is 16.5. The van der Waals surface area contributed by atoms with Gasteiger partial charge in [-0.25, -0.2) is 4.98 Å². The fraction of sp³-hybridized carbons (Fsp3) is 0. The Morgan fingerprint density at radius 2 is 1.12 bits per heavy atom. The van der Waals surface area contributed by atoms with Gasteiger partial charge < -0.3 is 4.74 Å². The van der Waals surface area contributed by atoms with Crippen molar-refractivity contribution in [3.05, 3.63) is 133 Å². The van der Waals surface area contributed by atoms with Gasteiger partial charge in [-0.15, -0.1) is 0 Å². The van der Waals surface area contributed by atoms with E-state index >= 15 is 0 Å². The van der Waals surface area contributed by atoms with Crippen LogP contribution in [0.4, 0.5) is 0 Å². The van der Waals surface area contributed by atoms with Gasteiger partial charge in [0.25, 0.3) is 0 Å². The van der Waals surface area contributed by atoms with Gasteiger partial charge in [0, 0.05) is 30.1 Å². The van der Waals surface area contributed by atoms with Gasteiger partial charge in [-0.05, 0) is 35.9 Å². The fourth-order valence-electron chi connectivity index (χ4n) is 3.46. The fourth-order valence-corrected chi connectivity index (χ4v) is 3.46. The standard InChI is InChI=1S/C29H21N3O/c1-3-11-22(12-4-1)19-29(23-13-5-2-6-14-23)33-24-20-27(25-15-7-9-17-30-25)32-28(21-24)26-16-8-10-18-31-26/h1-21H/b29-19-. The number of nitrogens with zero attached hydrogens (tertiary/aromatic N) is 3. The molecule has 0 spiro atoms. The number of pyridine rings is 3. The Hall–Kier alpha value is -4.57. The van der Waals surface area contributed by atoms with Crippen LogP contribution in [0.1, 0.15) is 11.1 Å². The lowest BCUT2D eigenvalue weighted by Gasteiger charge is -2.13. The monoisotopic (exact) mass is 427 g/mol. The Labute approximate surface area is 192 Å². The first kappa shape index (κ1) is 20.3. The number of benzene rings is 2. The first-order valence-corrected chi connectivity index (χ1v) is 10.7. The number of hydrogen-bond donors (Lipinski definition) is 0. The van der Waals surface area contributed by atoms with Crippen LogP contribution >= 0.6 is 0 Å². The smallest absolute Gasteiger partial charge is 0.135 e. The van der Waals surface area contributed by atoms with E-state index in [2.05, 4.69) is 22.1 Å². The van der Waals surface area contributed by atoms with Gasteiger partial charge in [-0.1, -0.05) is 72.8 Å². The molecule has 0 fully saturated rings. The topological polar surface area (TPSA) is 47.9 Å². The molecule has 3 heterocycles. The summed E-state index contributed by atoms with van der Waals surface area (Å²) in [4.78, 5) is 13.8. The molecule has 4 heteroatoms. The Morgan fingerprint density at radius 1 is 0.576 bits per heavy atom. The Balaban J connectivity index is 1.61. The van der Waals surface area contributed by atoms with Crippen LogP contribution in [0.15, 0.2) is 122 Å². The van der Waals surface area contributed by atoms with E-state index in [-0.39, 0.29) is 0 Å². The van der Waals surface area contributed by atoms with E-state index in [9.17, 15) is 0 Å². The lowest BCUT2D eigenvalue weighted by molar-refractivity contribution is 0.518. The maximum absolute atomic E-state index is 6.49. The minimum atomic E-state index is 0.664. The van der Waals surface area contributed by atoms with Crippen molar-refractivity contribution >= 4 is 11.8 Å². The molecule has 0 saturated carbocycles. The van der Waals surface area contributed by atoms with E-state index in [0.29, 0.717) is 5.75 Å². The molecule has 2 aromatic carbocycles. The van der Waals surface area contributed by atoms with Crippen LogP contribution < -0.4 is 4.74 Å². The van der Waals surface area contributed by atoms with Gasteiger partial charge in [0.2, 0.25) is 0 Å². The molecule has 5 rings (SSSR count). The number of aromatic nitrogens is 3. The largest absolute Gasteiger partial charge is 0.457 e. The van der Waals surface area contributed by atoms with Crippen molar-refractivity contribution in [2.45, 2.75) is 0 Å². The molecule has 4 nitrogen and oxygen atoms in total. The summed E-state index contributed by atoms with van der Waals surface area (Å²) >= 11 is 0. The first-order chi connectivity index (χ1) is 16.3. The minimum absolute atomic E-state index is 0.664. The lowest BCUT2D eigenvalue weighted by Crippen LogP contribution is -1.98. The maximum Gasteiger partial charge on any atom is 0.135 e. The molecular formula is C29H21N3O. The van der Waals surface area contributed by atoms with Crippen LogP contribution in [0.3, 0.4) is 0 Å². The molecule has 33 heavy (non-hydrogen) atoms. The summed E-state index contributed by atoms with van der Waals surface area (Å²) in [5.41, 5.74) is 5.03. The number of hydrogen-bond acceptors (Lipinski definition) is 4. The van der Waals surface area contributed by atoms with Crippen molar-refractivity contribution in [3.63, 3.8) is 0 Å². The normalized spacial score (nSPS) is 11.2. The van der Waals surface area contributed by atoms with E-state index < -0.39 is 0 Å². The SMILES string of the molecule is C(=C(/Oc1cc(-c2ccccn2)nc(-c2ccccn2)c1)c1ccccc1)/c1ccccc1. The van der Waals surface area contributed by atoms with E-state index in [1.165, 1.54) is 0 Å². The zero-order valence-corrected chi connectivity index (χ0v) is 17.9. The van der Waals surface area contributed by atoms with Crippen LogP contribution in [0.25, 0.3) is 34.6 Å². The van der Waals surface area contributed by atoms with Crippen LogP contribution in [0.2, 0.25) is 0 Å². The van der Waals surface area contributed by atoms with Crippen LogP contribution in [0.5, 0.6) is 5.75 Å². The molecule has 3 aromatic heterocycles. The highest BCUT2D eigenvalue weighted by Crippen LogP contribution is 2.30. The van der Waals surface area contributed by atoms with Gasteiger partial charge in [0.15, 0.2) is 0 Å². The second-order valence-corrected chi connectivity index (χ2v) is 7.39. The average Bonchev–Trinajstić information content (AvgIpc) is 2.90. The van der Waals surface area contributed by atoms with Crippen molar-refractivity contribution in [3.8, 4) is 28.5 Å². The Kier molecular flexibility index (Phi) is 5.98. The van der Waals surface area contributed by atoms with Crippen molar-refractivity contribution in [1.82, 2.24) is 15.0 Å². The zero-order chi connectivity index (χ0) is 22.3. The molecule has 0 bridgehead atoms. The molecule has 0 radical (unpaired) electrons. The summed E-state index contributed by atoms with van der Waals surface area (Å²) in [6, 6.07) is 35.6.